The predicted molar refractivity (Wildman–Crippen MR) is 117 cm³/mol. The molecule has 0 spiro atoms. The summed E-state index contributed by atoms with van der Waals surface area (Å²) in [5, 5.41) is 4.25. The van der Waals surface area contributed by atoms with E-state index in [1.54, 1.807) is 25.5 Å². The molecule has 148 valence electrons. The first kappa shape index (κ1) is 19.3. The number of hydrogen-bond acceptors (Lipinski definition) is 5. The van der Waals surface area contributed by atoms with Gasteiger partial charge in [-0.25, -0.2) is 19.8 Å². The number of benzene rings is 3. The van der Waals surface area contributed by atoms with E-state index < -0.39 is 0 Å². The van der Waals surface area contributed by atoms with E-state index in [-0.39, 0.29) is 5.82 Å². The molecule has 0 unspecified atom stereocenters. The summed E-state index contributed by atoms with van der Waals surface area (Å²) in [7, 11) is 1.63. The van der Waals surface area contributed by atoms with Gasteiger partial charge in [-0.15, -0.1) is 0 Å². The Balaban J connectivity index is 1.64. The summed E-state index contributed by atoms with van der Waals surface area (Å²) in [6.45, 7) is 0. The Morgan fingerprint density at radius 2 is 1.47 bits per heavy atom. The van der Waals surface area contributed by atoms with E-state index in [4.69, 9.17) is 4.74 Å². The predicted octanol–water partition coefficient (Wildman–Crippen LogP) is 5.40. The van der Waals surface area contributed by atoms with Crippen molar-refractivity contribution in [3.8, 4) is 28.3 Å². The molecule has 6 heteroatoms. The van der Waals surface area contributed by atoms with Crippen molar-refractivity contribution in [1.82, 2.24) is 9.97 Å². The zero-order chi connectivity index (χ0) is 20.8. The van der Waals surface area contributed by atoms with E-state index in [2.05, 4.69) is 20.5 Å². The lowest BCUT2D eigenvalue weighted by atomic mass is 10.1. The SMILES string of the molecule is COc1ccc(C=NNc2nc(-c3ccccc3)cc(-c3ccc(F)cc3)n2)cc1. The molecule has 0 radical (unpaired) electrons. The highest BCUT2D eigenvalue weighted by molar-refractivity contribution is 5.80. The number of anilines is 1. The molecule has 0 atom stereocenters. The summed E-state index contributed by atoms with van der Waals surface area (Å²) in [4.78, 5) is 9.11. The fourth-order valence-electron chi connectivity index (χ4n) is 2.88. The van der Waals surface area contributed by atoms with Crippen molar-refractivity contribution >= 4 is 12.2 Å². The molecule has 4 rings (SSSR count). The number of halogens is 1. The molecule has 0 aliphatic carbocycles. The van der Waals surface area contributed by atoms with Crippen molar-refractivity contribution in [3.05, 3.63) is 96.3 Å². The Hall–Kier alpha value is -4.06. The standard InChI is InChI=1S/C24H19FN4O/c1-30-21-13-7-17(8-14-21)16-26-29-24-27-22(18-5-3-2-4-6-18)15-23(28-24)19-9-11-20(25)12-10-19/h2-16H,1H3,(H,27,28,29). The van der Waals surface area contributed by atoms with Crippen LogP contribution >= 0.6 is 0 Å². The van der Waals surface area contributed by atoms with E-state index in [0.717, 1.165) is 28.1 Å². The van der Waals surface area contributed by atoms with Crippen LogP contribution in [0.1, 0.15) is 5.56 Å². The van der Waals surface area contributed by atoms with E-state index in [1.807, 2.05) is 60.7 Å². The highest BCUT2D eigenvalue weighted by Crippen LogP contribution is 2.25. The molecule has 0 aliphatic heterocycles. The van der Waals surface area contributed by atoms with Crippen LogP contribution in [0.2, 0.25) is 0 Å². The molecule has 30 heavy (non-hydrogen) atoms. The first-order valence-electron chi connectivity index (χ1n) is 9.35. The fourth-order valence-corrected chi connectivity index (χ4v) is 2.88. The normalized spacial score (nSPS) is 10.9. The van der Waals surface area contributed by atoms with Gasteiger partial charge in [-0.2, -0.15) is 5.10 Å². The third-order valence-electron chi connectivity index (χ3n) is 4.43. The highest BCUT2D eigenvalue weighted by atomic mass is 19.1. The maximum absolute atomic E-state index is 13.3. The Morgan fingerprint density at radius 1 is 0.833 bits per heavy atom. The number of aromatic nitrogens is 2. The van der Waals surface area contributed by atoms with Crippen LogP contribution in [0, 0.1) is 5.82 Å². The number of ether oxygens (including phenoxy) is 1. The number of hydrazone groups is 1. The molecule has 4 aromatic rings. The first-order chi connectivity index (χ1) is 14.7. The van der Waals surface area contributed by atoms with Crippen LogP contribution in [0.25, 0.3) is 22.5 Å². The summed E-state index contributed by atoms with van der Waals surface area (Å²) in [5.41, 5.74) is 6.95. The molecule has 0 amide bonds. The van der Waals surface area contributed by atoms with Gasteiger partial charge in [-0.1, -0.05) is 30.3 Å². The Labute approximate surface area is 173 Å². The van der Waals surface area contributed by atoms with Gasteiger partial charge in [0.1, 0.15) is 11.6 Å². The molecule has 5 nitrogen and oxygen atoms in total. The van der Waals surface area contributed by atoms with E-state index >= 15 is 0 Å². The molecule has 0 bridgehead atoms. The molecule has 0 saturated heterocycles. The summed E-state index contributed by atoms with van der Waals surface area (Å²) in [5.74, 6) is 0.835. The number of methoxy groups -OCH3 is 1. The van der Waals surface area contributed by atoms with Gasteiger partial charge in [0.15, 0.2) is 0 Å². The van der Waals surface area contributed by atoms with Crippen molar-refractivity contribution in [2.45, 2.75) is 0 Å². The zero-order valence-electron chi connectivity index (χ0n) is 16.3. The molecular weight excluding hydrogens is 379 g/mol. The first-order valence-corrected chi connectivity index (χ1v) is 9.35. The van der Waals surface area contributed by atoms with Gasteiger partial charge in [0.05, 0.1) is 24.7 Å². The lowest BCUT2D eigenvalue weighted by Crippen LogP contribution is -2.00. The molecule has 3 aromatic carbocycles. The maximum Gasteiger partial charge on any atom is 0.244 e. The minimum absolute atomic E-state index is 0.293. The van der Waals surface area contributed by atoms with Crippen molar-refractivity contribution in [2.75, 3.05) is 12.5 Å². The van der Waals surface area contributed by atoms with Gasteiger partial charge in [0.25, 0.3) is 0 Å². The van der Waals surface area contributed by atoms with Crippen LogP contribution < -0.4 is 10.2 Å². The van der Waals surface area contributed by atoms with Gasteiger partial charge < -0.3 is 4.74 Å². The fraction of sp³-hybridized carbons (Fsp3) is 0.0417. The van der Waals surface area contributed by atoms with Crippen molar-refractivity contribution in [3.63, 3.8) is 0 Å². The second kappa shape index (κ2) is 8.96. The molecule has 1 aromatic heterocycles. The Kier molecular flexibility index (Phi) is 5.75. The minimum atomic E-state index is -0.293. The average Bonchev–Trinajstić information content (AvgIpc) is 2.80. The summed E-state index contributed by atoms with van der Waals surface area (Å²) >= 11 is 0. The van der Waals surface area contributed by atoms with E-state index in [1.165, 1.54) is 12.1 Å². The van der Waals surface area contributed by atoms with Crippen LogP contribution in [0.4, 0.5) is 10.3 Å². The Morgan fingerprint density at radius 3 is 2.10 bits per heavy atom. The Bertz CT molecular complexity index is 1140. The summed E-state index contributed by atoms with van der Waals surface area (Å²) < 4.78 is 18.5. The lowest BCUT2D eigenvalue weighted by Gasteiger charge is -2.08. The van der Waals surface area contributed by atoms with Gasteiger partial charge in [-0.3, -0.25) is 0 Å². The number of rotatable bonds is 6. The van der Waals surface area contributed by atoms with Gasteiger partial charge in [-0.05, 0) is 60.2 Å². The third kappa shape index (κ3) is 4.67. The number of nitrogens with zero attached hydrogens (tertiary/aromatic N) is 3. The van der Waals surface area contributed by atoms with Crippen LogP contribution in [-0.2, 0) is 0 Å². The largest absolute Gasteiger partial charge is 0.497 e. The number of hydrogen-bond donors (Lipinski definition) is 1. The topological polar surface area (TPSA) is 59.4 Å². The van der Waals surface area contributed by atoms with Crippen molar-refractivity contribution in [2.24, 2.45) is 5.10 Å². The molecular formula is C24H19FN4O. The van der Waals surface area contributed by atoms with Gasteiger partial charge >= 0.3 is 0 Å². The smallest absolute Gasteiger partial charge is 0.244 e. The van der Waals surface area contributed by atoms with Crippen molar-refractivity contribution < 1.29 is 9.13 Å². The summed E-state index contributed by atoms with van der Waals surface area (Å²) in [6, 6.07) is 25.4. The number of nitrogens with one attached hydrogen (secondary N) is 1. The van der Waals surface area contributed by atoms with Crippen LogP contribution in [0.5, 0.6) is 5.75 Å². The molecule has 0 aliphatic rings. The summed E-state index contributed by atoms with van der Waals surface area (Å²) in [6.07, 6.45) is 1.68. The van der Waals surface area contributed by atoms with Gasteiger partial charge in [0.2, 0.25) is 5.95 Å². The quantitative estimate of drug-likeness (QED) is 0.349. The van der Waals surface area contributed by atoms with Crippen LogP contribution in [0.15, 0.2) is 90.0 Å². The van der Waals surface area contributed by atoms with Crippen LogP contribution in [0.3, 0.4) is 0 Å². The molecule has 1 heterocycles. The molecule has 0 fully saturated rings. The highest BCUT2D eigenvalue weighted by Gasteiger charge is 2.08. The zero-order valence-corrected chi connectivity index (χ0v) is 16.3. The minimum Gasteiger partial charge on any atom is -0.497 e. The maximum atomic E-state index is 13.3. The van der Waals surface area contributed by atoms with Gasteiger partial charge in [0, 0.05) is 11.1 Å². The van der Waals surface area contributed by atoms with Crippen molar-refractivity contribution in [1.29, 1.82) is 0 Å². The molecule has 1 N–H and O–H groups in total. The third-order valence-corrected chi connectivity index (χ3v) is 4.43. The lowest BCUT2D eigenvalue weighted by molar-refractivity contribution is 0.415. The average molecular weight is 398 g/mol. The van der Waals surface area contributed by atoms with E-state index in [9.17, 15) is 4.39 Å². The monoisotopic (exact) mass is 398 g/mol. The molecule has 0 saturated carbocycles. The second-order valence-electron chi connectivity index (χ2n) is 6.48. The second-order valence-corrected chi connectivity index (χ2v) is 6.48. The van der Waals surface area contributed by atoms with Crippen LogP contribution in [-0.4, -0.2) is 23.3 Å². The van der Waals surface area contributed by atoms with E-state index in [0.29, 0.717) is 11.6 Å².